The number of benzene rings is 2. The Morgan fingerprint density at radius 2 is 1.91 bits per heavy atom. The third-order valence-corrected chi connectivity index (χ3v) is 5.10. The van der Waals surface area contributed by atoms with Crippen LogP contribution in [0.5, 0.6) is 0 Å². The van der Waals surface area contributed by atoms with Crippen LogP contribution >= 0.6 is 11.3 Å². The minimum atomic E-state index is 0.743. The monoisotopic (exact) mass is 319 g/mol. The number of anilines is 1. The van der Waals surface area contributed by atoms with E-state index in [4.69, 9.17) is 0 Å². The van der Waals surface area contributed by atoms with Crippen molar-refractivity contribution in [2.24, 2.45) is 0 Å². The van der Waals surface area contributed by atoms with Crippen LogP contribution in [0.15, 0.2) is 53.2 Å². The van der Waals surface area contributed by atoms with E-state index in [1.807, 2.05) is 24.3 Å². The summed E-state index contributed by atoms with van der Waals surface area (Å²) in [4.78, 5) is 0. The van der Waals surface area contributed by atoms with Gasteiger partial charge in [-0.3, -0.25) is 0 Å². The lowest BCUT2D eigenvalue weighted by Crippen LogP contribution is -2.36. The van der Waals surface area contributed by atoms with E-state index < -0.39 is 0 Å². The predicted octanol–water partition coefficient (Wildman–Crippen LogP) is 4.40. The van der Waals surface area contributed by atoms with E-state index in [9.17, 15) is 5.26 Å². The molecule has 1 aliphatic rings. The molecule has 1 aliphatic heterocycles. The first-order valence-corrected chi connectivity index (χ1v) is 8.76. The highest BCUT2D eigenvalue weighted by Gasteiger charge is 2.24. The molecule has 23 heavy (non-hydrogen) atoms. The Hall–Kier alpha value is -2.35. The van der Waals surface area contributed by atoms with E-state index in [1.165, 1.54) is 17.7 Å². The Morgan fingerprint density at radius 3 is 2.70 bits per heavy atom. The molecule has 0 N–H and O–H groups in total. The molecule has 0 unspecified atom stereocenters. The van der Waals surface area contributed by atoms with Crippen molar-refractivity contribution in [1.82, 2.24) is 5.01 Å². The standard InChI is InChI=1S/C19H17N3S/c20-12-16-6-7-19(18-5-2-1-4-17(16)18)22-10-3-9-21(22)13-15-8-11-23-14-15/h1-2,4-8,11,14H,3,9-10,13H2. The highest BCUT2D eigenvalue weighted by Crippen LogP contribution is 2.32. The van der Waals surface area contributed by atoms with Crippen LogP contribution in [0, 0.1) is 11.3 Å². The molecule has 2 aromatic carbocycles. The summed E-state index contributed by atoms with van der Waals surface area (Å²) in [5.41, 5.74) is 3.31. The fourth-order valence-electron chi connectivity index (χ4n) is 3.30. The molecular formula is C19H17N3S. The van der Waals surface area contributed by atoms with E-state index in [0.717, 1.165) is 36.0 Å². The maximum Gasteiger partial charge on any atom is 0.0998 e. The molecule has 0 atom stereocenters. The fourth-order valence-corrected chi connectivity index (χ4v) is 3.96. The van der Waals surface area contributed by atoms with Gasteiger partial charge in [0.2, 0.25) is 0 Å². The Kier molecular flexibility index (Phi) is 3.74. The van der Waals surface area contributed by atoms with Gasteiger partial charge in [-0.1, -0.05) is 24.3 Å². The molecule has 0 amide bonds. The van der Waals surface area contributed by atoms with Crippen LogP contribution in [0.4, 0.5) is 5.69 Å². The molecule has 0 radical (unpaired) electrons. The number of fused-ring (bicyclic) bond motifs is 1. The second-order valence-electron chi connectivity index (χ2n) is 5.79. The van der Waals surface area contributed by atoms with Crippen molar-refractivity contribution in [1.29, 1.82) is 5.26 Å². The van der Waals surface area contributed by atoms with Gasteiger partial charge in [-0.2, -0.15) is 16.6 Å². The smallest absolute Gasteiger partial charge is 0.0998 e. The number of rotatable bonds is 3. The summed E-state index contributed by atoms with van der Waals surface area (Å²) < 4.78 is 0. The number of nitriles is 1. The van der Waals surface area contributed by atoms with Crippen LogP contribution in [0.1, 0.15) is 17.5 Å². The molecule has 1 aromatic heterocycles. The van der Waals surface area contributed by atoms with Crippen molar-refractivity contribution in [2.75, 3.05) is 18.1 Å². The molecule has 3 aromatic rings. The van der Waals surface area contributed by atoms with Gasteiger partial charge >= 0.3 is 0 Å². The topological polar surface area (TPSA) is 30.3 Å². The van der Waals surface area contributed by atoms with Crippen molar-refractivity contribution in [3.05, 3.63) is 64.4 Å². The third-order valence-electron chi connectivity index (χ3n) is 4.37. The maximum atomic E-state index is 9.34. The molecule has 114 valence electrons. The van der Waals surface area contributed by atoms with Gasteiger partial charge in [-0.25, -0.2) is 5.01 Å². The first-order chi connectivity index (χ1) is 11.4. The van der Waals surface area contributed by atoms with Crippen LogP contribution in [0.25, 0.3) is 10.8 Å². The van der Waals surface area contributed by atoms with Crippen LogP contribution in [-0.4, -0.2) is 18.1 Å². The third kappa shape index (κ3) is 2.59. The first kappa shape index (κ1) is 14.3. The summed E-state index contributed by atoms with van der Waals surface area (Å²) in [6, 6.07) is 16.7. The lowest BCUT2D eigenvalue weighted by atomic mass is 10.0. The van der Waals surface area contributed by atoms with E-state index in [1.54, 1.807) is 11.3 Å². The minimum absolute atomic E-state index is 0.743. The highest BCUT2D eigenvalue weighted by molar-refractivity contribution is 7.07. The normalized spacial score (nSPS) is 15.2. The van der Waals surface area contributed by atoms with Gasteiger partial charge in [0.15, 0.2) is 0 Å². The predicted molar refractivity (Wildman–Crippen MR) is 95.4 cm³/mol. The molecule has 1 saturated heterocycles. The van der Waals surface area contributed by atoms with E-state index in [0.29, 0.717) is 0 Å². The number of hydrogen-bond donors (Lipinski definition) is 0. The van der Waals surface area contributed by atoms with E-state index >= 15 is 0 Å². The van der Waals surface area contributed by atoms with Gasteiger partial charge in [0.1, 0.15) is 0 Å². The van der Waals surface area contributed by atoms with Gasteiger partial charge < -0.3 is 5.01 Å². The average molecular weight is 319 g/mol. The lowest BCUT2D eigenvalue weighted by Gasteiger charge is -2.30. The van der Waals surface area contributed by atoms with E-state index in [2.05, 4.69) is 45.0 Å². The van der Waals surface area contributed by atoms with Crippen molar-refractivity contribution in [2.45, 2.75) is 13.0 Å². The summed E-state index contributed by atoms with van der Waals surface area (Å²) in [5.74, 6) is 0. The fraction of sp³-hybridized carbons (Fsp3) is 0.211. The molecule has 0 bridgehead atoms. The number of thiophene rings is 1. The molecule has 0 aliphatic carbocycles. The summed E-state index contributed by atoms with van der Waals surface area (Å²) in [6.07, 6.45) is 1.17. The first-order valence-electron chi connectivity index (χ1n) is 7.82. The Labute approximate surface area is 140 Å². The quantitative estimate of drug-likeness (QED) is 0.717. The molecule has 4 rings (SSSR count). The molecular weight excluding hydrogens is 302 g/mol. The molecule has 0 saturated carbocycles. The van der Waals surface area contributed by atoms with Crippen molar-refractivity contribution >= 4 is 27.8 Å². The zero-order valence-corrected chi connectivity index (χ0v) is 13.6. The molecule has 0 spiro atoms. The van der Waals surface area contributed by atoms with Gasteiger partial charge in [-0.15, -0.1) is 0 Å². The van der Waals surface area contributed by atoms with Crippen molar-refractivity contribution in [3.8, 4) is 6.07 Å². The lowest BCUT2D eigenvalue weighted by molar-refractivity contribution is 0.304. The largest absolute Gasteiger partial charge is 0.305 e. The summed E-state index contributed by atoms with van der Waals surface area (Å²) in [6.45, 7) is 3.04. The number of hydrazine groups is 1. The molecule has 1 fully saturated rings. The zero-order chi connectivity index (χ0) is 15.6. The van der Waals surface area contributed by atoms with Crippen LogP contribution < -0.4 is 5.01 Å². The molecule has 4 heteroatoms. The van der Waals surface area contributed by atoms with Crippen LogP contribution in [-0.2, 0) is 6.54 Å². The van der Waals surface area contributed by atoms with Gasteiger partial charge in [0.05, 0.1) is 17.3 Å². The van der Waals surface area contributed by atoms with Crippen molar-refractivity contribution < 1.29 is 0 Å². The van der Waals surface area contributed by atoms with Crippen molar-refractivity contribution in [3.63, 3.8) is 0 Å². The highest BCUT2D eigenvalue weighted by atomic mass is 32.1. The molecule has 3 nitrogen and oxygen atoms in total. The zero-order valence-electron chi connectivity index (χ0n) is 12.8. The second-order valence-corrected chi connectivity index (χ2v) is 6.57. The van der Waals surface area contributed by atoms with Gasteiger partial charge in [-0.05, 0) is 40.9 Å². The van der Waals surface area contributed by atoms with E-state index in [-0.39, 0.29) is 0 Å². The number of hydrogen-bond acceptors (Lipinski definition) is 4. The Balaban J connectivity index is 1.75. The maximum absolute atomic E-state index is 9.34. The van der Waals surface area contributed by atoms with Crippen LogP contribution in [0.2, 0.25) is 0 Å². The summed E-state index contributed by atoms with van der Waals surface area (Å²) in [5, 5.41) is 20.7. The summed E-state index contributed by atoms with van der Waals surface area (Å²) in [7, 11) is 0. The molecule has 2 heterocycles. The second kappa shape index (κ2) is 6.04. The van der Waals surface area contributed by atoms with Gasteiger partial charge in [0, 0.05) is 30.4 Å². The average Bonchev–Trinajstić information content (AvgIpc) is 3.26. The Morgan fingerprint density at radius 1 is 1.04 bits per heavy atom. The number of nitrogens with zero attached hydrogens (tertiary/aromatic N) is 3. The summed E-state index contributed by atoms with van der Waals surface area (Å²) >= 11 is 1.75. The van der Waals surface area contributed by atoms with Crippen LogP contribution in [0.3, 0.4) is 0 Å². The minimum Gasteiger partial charge on any atom is -0.305 e. The van der Waals surface area contributed by atoms with Gasteiger partial charge in [0.25, 0.3) is 0 Å². The SMILES string of the molecule is N#Cc1ccc(N2CCCN2Cc2ccsc2)c2ccccc12. The Bertz CT molecular complexity index is 864.